The van der Waals surface area contributed by atoms with Crippen LogP contribution in [0.4, 0.5) is 5.69 Å². The van der Waals surface area contributed by atoms with Crippen LogP contribution in [0.5, 0.6) is 0 Å². The van der Waals surface area contributed by atoms with Gasteiger partial charge in [0.15, 0.2) is 4.98 Å². The molecule has 8 nitrogen and oxygen atoms in total. The molecule has 0 spiro atoms. The Balaban J connectivity index is 0.00000289. The molecule has 12 heteroatoms. The molecule has 0 aliphatic rings. The molecule has 0 heterocycles. The third-order valence-electron chi connectivity index (χ3n) is 1.66. The van der Waals surface area contributed by atoms with E-state index in [2.05, 4.69) is 4.98 Å². The highest BCUT2D eigenvalue weighted by Crippen LogP contribution is 2.30. The second kappa shape index (κ2) is 5.63. The minimum absolute atomic E-state index is 0. The smallest absolute Gasteiger partial charge is 0.387 e. The molecule has 1 rings (SSSR count). The first-order valence-electron chi connectivity index (χ1n) is 3.71. The van der Waals surface area contributed by atoms with E-state index in [1.165, 1.54) is 22.6 Å². The van der Waals surface area contributed by atoms with Gasteiger partial charge in [-0.25, -0.2) is 0 Å². The number of diazo groups is 1. The maximum Gasteiger partial charge on any atom is 0.387 e. The molecule has 0 aliphatic heterocycles. The molecule has 0 saturated heterocycles. The van der Waals surface area contributed by atoms with Gasteiger partial charge in [-0.05, 0) is 22.6 Å². The minimum Gasteiger partial charge on any atom is -1.00 e. The van der Waals surface area contributed by atoms with Gasteiger partial charge >= 0.3 is 5.69 Å². The van der Waals surface area contributed by atoms with Gasteiger partial charge in [0.2, 0.25) is 5.39 Å². The zero-order valence-corrected chi connectivity index (χ0v) is 12.7. The van der Waals surface area contributed by atoms with Crippen LogP contribution in [-0.2, 0) is 20.2 Å². The van der Waals surface area contributed by atoms with Crippen LogP contribution in [0.15, 0.2) is 21.9 Å². The SMILES string of the molecule is N#[N+]c1cc(S(=O)(=O)O)c(I)c(S(=O)(=O)O)c1.[Cl-]. The summed E-state index contributed by atoms with van der Waals surface area (Å²) in [6, 6.07) is 1.51. The molecule has 1 aromatic carbocycles. The van der Waals surface area contributed by atoms with E-state index in [1.807, 2.05) is 0 Å². The summed E-state index contributed by atoms with van der Waals surface area (Å²) in [6.45, 7) is 0. The highest BCUT2D eigenvalue weighted by atomic mass is 127. The molecule has 0 unspecified atom stereocenters. The van der Waals surface area contributed by atoms with Crippen molar-refractivity contribution in [2.45, 2.75) is 9.79 Å². The second-order valence-corrected chi connectivity index (χ2v) is 6.66. The first kappa shape index (κ1) is 17.5. The van der Waals surface area contributed by atoms with Crippen molar-refractivity contribution in [2.24, 2.45) is 0 Å². The van der Waals surface area contributed by atoms with Gasteiger partial charge in [0.25, 0.3) is 20.2 Å². The van der Waals surface area contributed by atoms with Gasteiger partial charge in [0.05, 0.1) is 15.7 Å². The maximum atomic E-state index is 11.0. The molecular formula is C6H4ClIN2O6S2. The number of benzene rings is 1. The van der Waals surface area contributed by atoms with E-state index in [9.17, 15) is 16.8 Å². The fourth-order valence-electron chi connectivity index (χ4n) is 0.992. The van der Waals surface area contributed by atoms with Crippen LogP contribution < -0.4 is 12.4 Å². The Kier molecular flexibility index (Phi) is 5.47. The third kappa shape index (κ3) is 3.73. The van der Waals surface area contributed by atoms with E-state index in [4.69, 9.17) is 14.5 Å². The maximum absolute atomic E-state index is 11.0. The number of rotatable bonds is 2. The van der Waals surface area contributed by atoms with E-state index in [0.29, 0.717) is 0 Å². The Morgan fingerprint density at radius 2 is 1.39 bits per heavy atom. The lowest BCUT2D eigenvalue weighted by atomic mass is 10.3. The zero-order valence-electron chi connectivity index (χ0n) is 8.15. The van der Waals surface area contributed by atoms with E-state index in [-0.39, 0.29) is 12.4 Å². The van der Waals surface area contributed by atoms with Gasteiger partial charge < -0.3 is 12.4 Å². The van der Waals surface area contributed by atoms with E-state index in [1.54, 1.807) is 0 Å². The molecular weight excluding hydrogens is 423 g/mol. The van der Waals surface area contributed by atoms with Gasteiger partial charge in [0, 0.05) is 0 Å². The fraction of sp³-hybridized carbons (Fsp3) is 0. The summed E-state index contributed by atoms with van der Waals surface area (Å²) in [7, 11) is -9.41. The van der Waals surface area contributed by atoms with Crippen LogP contribution >= 0.6 is 22.6 Å². The first-order valence-corrected chi connectivity index (χ1v) is 7.67. The standard InChI is InChI=1S/C6H3IN2O6S2.ClH/c7-6-4(16(10,11)12)1-3(9-8)2-5(6)17(13,14)15;/h1-2H,(H-,10,11,12,13,14,15);1H. The Hall–Kier alpha value is -0.520. The van der Waals surface area contributed by atoms with Crippen molar-refractivity contribution < 1.29 is 38.3 Å². The Morgan fingerprint density at radius 3 is 1.61 bits per heavy atom. The molecule has 0 saturated carbocycles. The fourth-order valence-corrected chi connectivity index (χ4v) is 4.25. The average molecular weight is 427 g/mol. The highest BCUT2D eigenvalue weighted by Gasteiger charge is 2.27. The monoisotopic (exact) mass is 426 g/mol. The van der Waals surface area contributed by atoms with Gasteiger partial charge in [-0.1, -0.05) is 0 Å². The van der Waals surface area contributed by atoms with Crippen molar-refractivity contribution in [3.8, 4) is 0 Å². The van der Waals surface area contributed by atoms with Crippen molar-refractivity contribution in [1.29, 1.82) is 5.39 Å². The lowest BCUT2D eigenvalue weighted by Crippen LogP contribution is -3.00. The van der Waals surface area contributed by atoms with E-state index >= 15 is 0 Å². The topological polar surface area (TPSA) is 137 Å². The van der Waals surface area contributed by atoms with E-state index in [0.717, 1.165) is 12.1 Å². The predicted molar refractivity (Wildman–Crippen MR) is 63.5 cm³/mol. The Bertz CT molecular complexity index is 670. The van der Waals surface area contributed by atoms with Crippen LogP contribution in [0.2, 0.25) is 0 Å². The van der Waals surface area contributed by atoms with Crippen LogP contribution in [0.25, 0.3) is 4.98 Å². The lowest BCUT2D eigenvalue weighted by molar-refractivity contribution is -0.0000118. The number of nitrogens with zero attached hydrogens (tertiary/aromatic N) is 2. The van der Waals surface area contributed by atoms with Gasteiger partial charge in [-0.3, -0.25) is 9.11 Å². The van der Waals surface area contributed by atoms with Crippen molar-refractivity contribution in [3.05, 3.63) is 20.7 Å². The quantitative estimate of drug-likeness (QED) is 0.326. The van der Waals surface area contributed by atoms with E-state index < -0.39 is 39.3 Å². The Morgan fingerprint density at radius 1 is 1.06 bits per heavy atom. The summed E-state index contributed by atoms with van der Waals surface area (Å²) in [4.78, 5) is 1.05. The third-order valence-corrected chi connectivity index (χ3v) is 5.31. The molecule has 2 N–H and O–H groups in total. The van der Waals surface area contributed by atoms with Crippen molar-refractivity contribution in [1.82, 2.24) is 0 Å². The van der Waals surface area contributed by atoms with Crippen LogP contribution in [0.1, 0.15) is 0 Å². The van der Waals surface area contributed by atoms with Crippen molar-refractivity contribution >= 4 is 48.5 Å². The molecule has 18 heavy (non-hydrogen) atoms. The van der Waals surface area contributed by atoms with Crippen molar-refractivity contribution in [3.63, 3.8) is 0 Å². The predicted octanol–water partition coefficient (Wildman–Crippen LogP) is -1.73. The average Bonchev–Trinajstić information content (AvgIpc) is 2.14. The number of hydrogen-bond donors (Lipinski definition) is 2. The lowest BCUT2D eigenvalue weighted by Gasteiger charge is -2.03. The number of hydrogen-bond acceptors (Lipinski definition) is 5. The van der Waals surface area contributed by atoms with Gasteiger partial charge in [-0.2, -0.15) is 16.8 Å². The summed E-state index contributed by atoms with van der Waals surface area (Å²) in [5.41, 5.74) is -0.439. The molecule has 0 radical (unpaired) electrons. The second-order valence-electron chi connectivity index (χ2n) is 2.81. The molecule has 0 aliphatic carbocycles. The summed E-state index contributed by atoms with van der Waals surface area (Å²) in [5, 5.41) is 8.48. The molecule has 0 aromatic heterocycles. The number of halogens is 2. The molecule has 100 valence electrons. The minimum atomic E-state index is -4.70. The summed E-state index contributed by atoms with van der Waals surface area (Å²) in [5.74, 6) is 0. The zero-order chi connectivity index (χ0) is 13.4. The molecule has 0 fully saturated rings. The van der Waals surface area contributed by atoms with Crippen LogP contribution in [-0.4, -0.2) is 25.9 Å². The van der Waals surface area contributed by atoms with Crippen molar-refractivity contribution in [2.75, 3.05) is 0 Å². The summed E-state index contributed by atoms with van der Waals surface area (Å²) >= 11 is 1.32. The van der Waals surface area contributed by atoms with Gasteiger partial charge in [0.1, 0.15) is 9.79 Å². The highest BCUT2D eigenvalue weighted by molar-refractivity contribution is 14.1. The molecule has 1 aromatic rings. The Labute approximate surface area is 122 Å². The molecule has 0 bridgehead atoms. The molecule has 0 atom stereocenters. The van der Waals surface area contributed by atoms with Gasteiger partial charge in [-0.15, -0.1) is 0 Å². The normalized spacial score (nSPS) is 11.4. The van der Waals surface area contributed by atoms with Crippen LogP contribution in [0.3, 0.4) is 0 Å². The first-order chi connectivity index (χ1) is 7.57. The largest absolute Gasteiger partial charge is 1.00 e. The van der Waals surface area contributed by atoms with Crippen LogP contribution in [0, 0.1) is 8.96 Å². The summed E-state index contributed by atoms with van der Waals surface area (Å²) in [6.07, 6.45) is 0. The molecule has 0 amide bonds. The summed E-state index contributed by atoms with van der Waals surface area (Å²) < 4.78 is 61.1.